The van der Waals surface area contributed by atoms with Crippen LogP contribution < -0.4 is 0 Å². The largest absolute Gasteiger partial charge is 0.477 e. The van der Waals surface area contributed by atoms with Gasteiger partial charge in [-0.1, -0.05) is 0 Å². The van der Waals surface area contributed by atoms with Gasteiger partial charge in [0, 0.05) is 18.3 Å². The Morgan fingerprint density at radius 3 is 2.68 bits per heavy atom. The Labute approximate surface area is 111 Å². The van der Waals surface area contributed by atoms with Gasteiger partial charge in [-0.2, -0.15) is 0 Å². The quantitative estimate of drug-likeness (QED) is 0.814. The summed E-state index contributed by atoms with van der Waals surface area (Å²) in [6.45, 7) is 6.23. The van der Waals surface area contributed by atoms with Gasteiger partial charge < -0.3 is 19.7 Å². The number of aromatic nitrogens is 1. The Balaban J connectivity index is 2.15. The third-order valence-corrected chi connectivity index (χ3v) is 2.95. The van der Waals surface area contributed by atoms with E-state index in [-0.39, 0.29) is 12.2 Å². The van der Waals surface area contributed by atoms with Gasteiger partial charge in [0.2, 0.25) is 0 Å². The number of carbonyl (C=O) groups is 2. The minimum absolute atomic E-state index is 0.156. The predicted octanol–water partition coefficient (Wildman–Crippen LogP) is 2.01. The molecule has 1 aliphatic rings. The first-order valence-corrected chi connectivity index (χ1v) is 6.18. The van der Waals surface area contributed by atoms with E-state index >= 15 is 0 Å². The molecule has 0 fully saturated rings. The average Bonchev–Trinajstić information content (AvgIpc) is 2.68. The minimum atomic E-state index is -1.01. The van der Waals surface area contributed by atoms with E-state index in [0.29, 0.717) is 18.5 Å². The lowest BCUT2D eigenvalue weighted by atomic mass is 10.0. The zero-order chi connectivity index (χ0) is 14.2. The number of aromatic carboxylic acids is 1. The number of carbonyl (C=O) groups excluding carboxylic acids is 1. The number of rotatable bonds is 1. The Morgan fingerprint density at radius 2 is 2.11 bits per heavy atom. The molecule has 0 aliphatic carbocycles. The van der Waals surface area contributed by atoms with Gasteiger partial charge in [-0.3, -0.25) is 0 Å². The molecular formula is C13H18N2O4. The molecule has 0 saturated carbocycles. The van der Waals surface area contributed by atoms with Crippen LogP contribution in [-0.2, 0) is 17.7 Å². The van der Waals surface area contributed by atoms with Gasteiger partial charge in [-0.15, -0.1) is 0 Å². The monoisotopic (exact) mass is 266 g/mol. The smallest absolute Gasteiger partial charge is 0.410 e. The Morgan fingerprint density at radius 1 is 1.42 bits per heavy atom. The van der Waals surface area contributed by atoms with Crippen LogP contribution in [-0.4, -0.2) is 39.2 Å². The van der Waals surface area contributed by atoms with Crippen molar-refractivity contribution >= 4 is 12.1 Å². The SMILES string of the molecule is CC(C)(C)OC(=O)N1CCc2c[nH]c(C(=O)O)c2C1. The number of carboxylic acid groups (broad SMARTS) is 1. The van der Waals surface area contributed by atoms with E-state index in [4.69, 9.17) is 9.84 Å². The molecule has 0 saturated heterocycles. The average molecular weight is 266 g/mol. The Hall–Kier alpha value is -1.98. The molecule has 0 aromatic carbocycles. The van der Waals surface area contributed by atoms with Gasteiger partial charge in [0.1, 0.15) is 11.3 Å². The van der Waals surface area contributed by atoms with Crippen molar-refractivity contribution in [3.63, 3.8) is 0 Å². The number of amides is 1. The zero-order valence-corrected chi connectivity index (χ0v) is 11.3. The molecule has 104 valence electrons. The van der Waals surface area contributed by atoms with Crippen LogP contribution in [0.15, 0.2) is 6.20 Å². The highest BCUT2D eigenvalue weighted by Gasteiger charge is 2.29. The lowest BCUT2D eigenvalue weighted by Crippen LogP contribution is -2.40. The van der Waals surface area contributed by atoms with Crippen molar-refractivity contribution in [1.82, 2.24) is 9.88 Å². The molecule has 6 nitrogen and oxygen atoms in total. The predicted molar refractivity (Wildman–Crippen MR) is 68.1 cm³/mol. The van der Waals surface area contributed by atoms with Crippen molar-refractivity contribution in [2.45, 2.75) is 39.3 Å². The molecule has 1 aromatic heterocycles. The summed E-state index contributed by atoms with van der Waals surface area (Å²) < 4.78 is 5.30. The van der Waals surface area contributed by atoms with Crippen LogP contribution in [0.25, 0.3) is 0 Å². The van der Waals surface area contributed by atoms with E-state index in [1.54, 1.807) is 27.0 Å². The van der Waals surface area contributed by atoms with Gasteiger partial charge in [0.25, 0.3) is 0 Å². The van der Waals surface area contributed by atoms with Crippen LogP contribution in [0.5, 0.6) is 0 Å². The summed E-state index contributed by atoms with van der Waals surface area (Å²) in [7, 11) is 0. The summed E-state index contributed by atoms with van der Waals surface area (Å²) in [5, 5.41) is 9.08. The first-order chi connectivity index (χ1) is 8.78. The Bertz CT molecular complexity index is 513. The molecule has 2 N–H and O–H groups in total. The molecule has 0 unspecified atom stereocenters. The second kappa shape index (κ2) is 4.60. The summed E-state index contributed by atoms with van der Waals surface area (Å²) >= 11 is 0. The molecule has 1 amide bonds. The van der Waals surface area contributed by atoms with Gasteiger partial charge in [-0.05, 0) is 32.8 Å². The number of carboxylic acids is 1. The molecule has 2 rings (SSSR count). The van der Waals surface area contributed by atoms with E-state index in [2.05, 4.69) is 4.98 Å². The van der Waals surface area contributed by atoms with Gasteiger partial charge in [0.15, 0.2) is 0 Å². The molecule has 1 aliphatic heterocycles. The molecule has 1 aromatic rings. The van der Waals surface area contributed by atoms with Crippen molar-refractivity contribution in [2.24, 2.45) is 0 Å². The van der Waals surface area contributed by atoms with Crippen molar-refractivity contribution in [2.75, 3.05) is 6.54 Å². The van der Waals surface area contributed by atoms with E-state index in [1.807, 2.05) is 0 Å². The summed E-state index contributed by atoms with van der Waals surface area (Å²) in [5.41, 5.74) is 1.23. The van der Waals surface area contributed by atoms with Crippen LogP contribution in [0, 0.1) is 0 Å². The summed E-state index contributed by atoms with van der Waals surface area (Å²) in [6, 6.07) is 0. The number of hydrogen-bond donors (Lipinski definition) is 2. The second-order valence-electron chi connectivity index (χ2n) is 5.62. The number of hydrogen-bond acceptors (Lipinski definition) is 3. The molecule has 0 atom stereocenters. The van der Waals surface area contributed by atoms with Crippen LogP contribution in [0.1, 0.15) is 42.4 Å². The Kier molecular flexibility index (Phi) is 3.26. The molecule has 0 bridgehead atoms. The van der Waals surface area contributed by atoms with Crippen LogP contribution in [0.4, 0.5) is 4.79 Å². The fraction of sp³-hybridized carbons (Fsp3) is 0.538. The molecule has 0 radical (unpaired) electrons. The highest BCUT2D eigenvalue weighted by atomic mass is 16.6. The third kappa shape index (κ3) is 2.89. The number of nitrogens with one attached hydrogen (secondary N) is 1. The number of ether oxygens (including phenoxy) is 1. The third-order valence-electron chi connectivity index (χ3n) is 2.95. The minimum Gasteiger partial charge on any atom is -0.477 e. The van der Waals surface area contributed by atoms with Crippen LogP contribution >= 0.6 is 0 Å². The van der Waals surface area contributed by atoms with Crippen LogP contribution in [0.2, 0.25) is 0 Å². The molecule has 2 heterocycles. The summed E-state index contributed by atoms with van der Waals surface area (Å²) in [6.07, 6.45) is 1.93. The molecule has 19 heavy (non-hydrogen) atoms. The maximum absolute atomic E-state index is 12.0. The number of fused-ring (bicyclic) bond motifs is 1. The van der Waals surface area contributed by atoms with Crippen molar-refractivity contribution in [3.8, 4) is 0 Å². The number of aromatic amines is 1. The van der Waals surface area contributed by atoms with Gasteiger partial charge in [0.05, 0.1) is 6.54 Å². The highest BCUT2D eigenvalue weighted by Crippen LogP contribution is 2.23. The topological polar surface area (TPSA) is 82.6 Å². The van der Waals surface area contributed by atoms with E-state index in [0.717, 1.165) is 5.56 Å². The maximum atomic E-state index is 12.0. The van der Waals surface area contributed by atoms with Gasteiger partial charge >= 0.3 is 12.1 Å². The normalized spacial score (nSPS) is 15.0. The highest BCUT2D eigenvalue weighted by molar-refractivity contribution is 5.88. The lowest BCUT2D eigenvalue weighted by molar-refractivity contribution is 0.0222. The molecule has 6 heteroatoms. The molecular weight excluding hydrogens is 248 g/mol. The van der Waals surface area contributed by atoms with E-state index in [9.17, 15) is 9.59 Å². The van der Waals surface area contributed by atoms with Crippen molar-refractivity contribution in [3.05, 3.63) is 23.0 Å². The lowest BCUT2D eigenvalue weighted by Gasteiger charge is -2.30. The fourth-order valence-electron chi connectivity index (χ4n) is 2.10. The van der Waals surface area contributed by atoms with Crippen LogP contribution in [0.3, 0.4) is 0 Å². The van der Waals surface area contributed by atoms with Gasteiger partial charge in [-0.25, -0.2) is 9.59 Å². The number of H-pyrrole nitrogens is 1. The number of nitrogens with zero attached hydrogens (tertiary/aromatic N) is 1. The second-order valence-corrected chi connectivity index (χ2v) is 5.62. The van der Waals surface area contributed by atoms with E-state index < -0.39 is 17.7 Å². The zero-order valence-electron chi connectivity index (χ0n) is 11.3. The summed E-state index contributed by atoms with van der Waals surface area (Å²) in [4.78, 5) is 27.3. The standard InChI is InChI=1S/C13H18N2O4/c1-13(2,3)19-12(18)15-5-4-8-6-14-10(11(16)17)9(8)7-15/h6,14H,4-5,7H2,1-3H3,(H,16,17). The fourth-order valence-corrected chi connectivity index (χ4v) is 2.10. The maximum Gasteiger partial charge on any atom is 0.410 e. The summed E-state index contributed by atoms with van der Waals surface area (Å²) in [5.74, 6) is -1.01. The first-order valence-electron chi connectivity index (χ1n) is 6.18. The van der Waals surface area contributed by atoms with Crippen molar-refractivity contribution in [1.29, 1.82) is 0 Å². The molecule has 0 spiro atoms. The first kappa shape index (κ1) is 13.5. The van der Waals surface area contributed by atoms with Crippen molar-refractivity contribution < 1.29 is 19.4 Å². The van der Waals surface area contributed by atoms with E-state index in [1.165, 1.54) is 4.90 Å².